The number of benzene rings is 3. The van der Waals surface area contributed by atoms with Gasteiger partial charge in [-0.1, -0.05) is 51.9 Å². The van der Waals surface area contributed by atoms with Gasteiger partial charge in [-0.2, -0.15) is 0 Å². The zero-order chi connectivity index (χ0) is 35.4. The summed E-state index contributed by atoms with van der Waals surface area (Å²) in [4.78, 5) is 25.5. The van der Waals surface area contributed by atoms with E-state index in [1.54, 1.807) is 13.0 Å². The minimum absolute atomic E-state index is 0.00331. The van der Waals surface area contributed by atoms with Crippen molar-refractivity contribution in [3.8, 4) is 17.2 Å². The van der Waals surface area contributed by atoms with Crippen molar-refractivity contribution in [3.63, 3.8) is 0 Å². The number of ketones is 1. The summed E-state index contributed by atoms with van der Waals surface area (Å²) in [5.41, 5.74) is 7.96. The number of aliphatic hydroxyl groups is 5. The van der Waals surface area contributed by atoms with Gasteiger partial charge in [0.2, 0.25) is 6.29 Å². The molecule has 2 aliphatic heterocycles. The van der Waals surface area contributed by atoms with E-state index in [1.165, 1.54) is 34.8 Å². The number of carbonyl (C=O) groups is 2. The fraction of sp³-hybridized carbons (Fsp3) is 0.486. The maximum Gasteiger partial charge on any atom is 0.229 e. The van der Waals surface area contributed by atoms with Crippen LogP contribution in [0.2, 0.25) is 0 Å². The Labute approximate surface area is 292 Å². The summed E-state index contributed by atoms with van der Waals surface area (Å²) in [6.07, 6.45) is -8.95. The van der Waals surface area contributed by atoms with Crippen LogP contribution >= 0.6 is 21.6 Å². The molecule has 3 aromatic rings. The molecule has 2 heterocycles. The summed E-state index contributed by atoms with van der Waals surface area (Å²) < 4.78 is 17.7. The quantitative estimate of drug-likeness (QED) is 0.132. The molecule has 2 aliphatic rings. The molecule has 8 N–H and O–H groups in total. The predicted octanol–water partition coefficient (Wildman–Crippen LogP) is 2.26. The lowest BCUT2D eigenvalue weighted by molar-refractivity contribution is -0.293. The van der Waals surface area contributed by atoms with Crippen molar-refractivity contribution >= 4 is 44.4 Å². The maximum absolute atomic E-state index is 13.7. The van der Waals surface area contributed by atoms with Crippen LogP contribution in [0.3, 0.4) is 0 Å². The number of rotatable bonds is 8. The average Bonchev–Trinajstić information content (AvgIpc) is 3.09. The average molecular weight is 718 g/mol. The van der Waals surface area contributed by atoms with Gasteiger partial charge in [-0.25, -0.2) is 0 Å². The normalized spacial score (nSPS) is 28.6. The smallest absolute Gasteiger partial charge is 0.229 e. The number of carbonyl (C=O) groups excluding carboxylic acids is 2. The Bertz CT molecular complexity index is 1630. The first-order chi connectivity index (χ1) is 23.6. The second-order valence-corrected chi connectivity index (χ2v) is 15.1. The van der Waals surface area contributed by atoms with E-state index in [1.807, 2.05) is 30.3 Å². The zero-order valence-electron chi connectivity index (χ0n) is 27.2. The molecule has 1 saturated heterocycles. The molecule has 0 radical (unpaired) electrons. The summed E-state index contributed by atoms with van der Waals surface area (Å²) in [5, 5.41) is 67.3. The van der Waals surface area contributed by atoms with Gasteiger partial charge < -0.3 is 55.4 Å². The first kappa shape index (κ1) is 37.3. The molecule has 0 aromatic heterocycles. The highest BCUT2D eigenvalue weighted by atomic mass is 33.1. The molecule has 0 spiro atoms. The Balaban J connectivity index is 1.68. The Morgan fingerprint density at radius 2 is 1.82 bits per heavy atom. The number of Topliss-reactive ketones (excluding diaryl/α,β-unsaturated/α-hetero) is 1. The van der Waals surface area contributed by atoms with Crippen molar-refractivity contribution in [1.29, 1.82) is 0 Å². The molecule has 0 aliphatic carbocycles. The third-order valence-electron chi connectivity index (χ3n) is 9.43. The van der Waals surface area contributed by atoms with Crippen LogP contribution in [-0.2, 0) is 22.6 Å². The number of aliphatic hydroxyl groups excluding tert-OH is 5. The van der Waals surface area contributed by atoms with E-state index >= 15 is 0 Å². The van der Waals surface area contributed by atoms with Crippen molar-refractivity contribution in [2.24, 2.45) is 17.6 Å². The van der Waals surface area contributed by atoms with Gasteiger partial charge >= 0.3 is 0 Å². The molecule has 2 unspecified atom stereocenters. The van der Waals surface area contributed by atoms with Crippen LogP contribution in [0, 0.1) is 18.8 Å². The highest BCUT2D eigenvalue weighted by Gasteiger charge is 2.51. The van der Waals surface area contributed by atoms with E-state index in [0.29, 0.717) is 28.7 Å². The van der Waals surface area contributed by atoms with Gasteiger partial charge in [0.15, 0.2) is 5.78 Å². The molecular formula is C35H43NO11S2. The number of ether oxygens (including phenoxy) is 3. The Kier molecular flexibility index (Phi) is 12.5. The monoisotopic (exact) mass is 717 g/mol. The summed E-state index contributed by atoms with van der Waals surface area (Å²) in [6.45, 7) is 1.22. The minimum Gasteiger partial charge on any atom is -0.506 e. The van der Waals surface area contributed by atoms with Gasteiger partial charge in [-0.05, 0) is 48.4 Å². The third-order valence-corrected chi connectivity index (χ3v) is 12.3. The van der Waals surface area contributed by atoms with Crippen LogP contribution in [0.5, 0.6) is 17.2 Å². The van der Waals surface area contributed by atoms with Crippen LogP contribution < -0.4 is 15.2 Å². The number of nitrogens with two attached hydrogens (primary N) is 1. The molecule has 12 nitrogen and oxygen atoms in total. The number of fused-ring (bicyclic) bond motifs is 3. The van der Waals surface area contributed by atoms with Crippen LogP contribution in [0.15, 0.2) is 42.5 Å². The second kappa shape index (κ2) is 16.4. The molecule has 49 heavy (non-hydrogen) atoms. The lowest BCUT2D eigenvalue weighted by Gasteiger charge is -2.46. The molecule has 0 amide bonds. The predicted molar refractivity (Wildman–Crippen MR) is 186 cm³/mol. The molecule has 14 heteroatoms. The van der Waals surface area contributed by atoms with Gasteiger partial charge in [-0.3, -0.25) is 4.79 Å². The van der Waals surface area contributed by atoms with Gasteiger partial charge in [-0.15, -0.1) is 0 Å². The standard InChI is InChI=1S/C35H43NO11S2/c1-17-12-20-21(16-38)23(45-2)14-24-28(20)29(40)26(17)22(39)9-11-48-49-25(13-18-6-4-3-5-7-18)27(19(15-36)8-10-37)30(41)34-32(43)31(42)33(44)35(46-24)47-34/h3-7,10,12,14,19,25,27,30-35,38,40-44H,8-9,11,13,15-16,36H2,1-2H3/t19-,25?,27?,30-,31-,32-,33+,34-,35-/m0/s1. The van der Waals surface area contributed by atoms with Crippen molar-refractivity contribution in [2.75, 3.05) is 19.4 Å². The number of hydrogen-bond acceptors (Lipinski definition) is 14. The van der Waals surface area contributed by atoms with Crippen LogP contribution in [0.25, 0.3) is 10.8 Å². The summed E-state index contributed by atoms with van der Waals surface area (Å²) >= 11 is 0. The first-order valence-corrected chi connectivity index (χ1v) is 18.4. The number of methoxy groups -OCH3 is 1. The fourth-order valence-electron chi connectivity index (χ4n) is 6.90. The molecule has 0 saturated carbocycles. The number of phenols is 1. The van der Waals surface area contributed by atoms with Gasteiger partial charge in [0.05, 0.1) is 30.8 Å². The van der Waals surface area contributed by atoms with Crippen LogP contribution in [0.1, 0.15) is 39.9 Å². The highest BCUT2D eigenvalue weighted by Crippen LogP contribution is 2.46. The van der Waals surface area contributed by atoms with Gasteiger partial charge in [0.25, 0.3) is 0 Å². The first-order valence-electron chi connectivity index (χ1n) is 16.1. The molecule has 5 rings (SSSR count). The summed E-state index contributed by atoms with van der Waals surface area (Å²) in [7, 11) is 4.17. The largest absolute Gasteiger partial charge is 0.506 e. The Hall–Kier alpha value is -2.92. The zero-order valence-corrected chi connectivity index (χ0v) is 28.8. The number of hydrogen-bond donors (Lipinski definition) is 7. The van der Waals surface area contributed by atoms with Gasteiger partial charge in [0.1, 0.15) is 48.0 Å². The van der Waals surface area contributed by atoms with E-state index in [2.05, 4.69) is 0 Å². The maximum atomic E-state index is 13.7. The van der Waals surface area contributed by atoms with Crippen molar-refractivity contribution in [3.05, 3.63) is 64.7 Å². The molecule has 1 fully saturated rings. The van der Waals surface area contributed by atoms with E-state index in [9.17, 15) is 40.2 Å². The lowest BCUT2D eigenvalue weighted by atomic mass is 9.77. The second-order valence-electron chi connectivity index (χ2n) is 12.4. The molecular weight excluding hydrogens is 675 g/mol. The van der Waals surface area contributed by atoms with Crippen molar-refractivity contribution in [1.82, 2.24) is 0 Å². The fourth-order valence-corrected chi connectivity index (χ4v) is 9.86. The minimum atomic E-state index is -1.84. The molecule has 3 aromatic carbocycles. The highest BCUT2D eigenvalue weighted by molar-refractivity contribution is 8.76. The lowest BCUT2D eigenvalue weighted by Crippen LogP contribution is -2.64. The number of aryl methyl sites for hydroxylation is 1. The van der Waals surface area contributed by atoms with Crippen molar-refractivity contribution in [2.45, 2.75) is 74.9 Å². The van der Waals surface area contributed by atoms with Gasteiger partial charge in [0, 0.05) is 41.4 Å². The SMILES string of the molecule is COc1cc2c3c(O)c(c(C)cc3c1CO)C(=O)CCSSC(Cc1ccccc1)C([C@H](CN)CC=O)[C@H](O)[C@@H]1O[C@H](O2)[C@H](O)[C@@H](O)[C@@H]1O. The Morgan fingerprint density at radius 3 is 2.47 bits per heavy atom. The molecule has 266 valence electrons. The Morgan fingerprint density at radius 1 is 1.08 bits per heavy atom. The number of aromatic hydroxyl groups is 1. The van der Waals surface area contributed by atoms with Crippen molar-refractivity contribution < 1.29 is 54.4 Å². The summed E-state index contributed by atoms with van der Waals surface area (Å²) in [6, 6.07) is 12.5. The van der Waals surface area contributed by atoms with E-state index in [-0.39, 0.29) is 47.6 Å². The molecule has 9 atom stereocenters. The third kappa shape index (κ3) is 7.58. The summed E-state index contributed by atoms with van der Waals surface area (Å²) in [5.74, 6) is -1.67. The van der Waals surface area contributed by atoms with Crippen LogP contribution in [-0.4, -0.2) is 104 Å². The van der Waals surface area contributed by atoms with Crippen LogP contribution in [0.4, 0.5) is 0 Å². The van der Waals surface area contributed by atoms with E-state index in [4.69, 9.17) is 19.9 Å². The number of phenolic OH excluding ortho intramolecular Hbond substituents is 1. The number of aldehydes is 1. The topological polar surface area (TPSA) is 209 Å². The van der Waals surface area contributed by atoms with E-state index in [0.717, 1.165) is 11.8 Å². The molecule has 4 bridgehead atoms. The van der Waals surface area contributed by atoms with E-state index < -0.39 is 66.3 Å².